The van der Waals surface area contributed by atoms with Crippen LogP contribution >= 0.6 is 12.4 Å². The van der Waals surface area contributed by atoms with Crippen LogP contribution in [0.4, 0.5) is 0 Å². The van der Waals surface area contributed by atoms with Crippen LogP contribution < -0.4 is 10.6 Å². The third-order valence-electron chi connectivity index (χ3n) is 4.12. The van der Waals surface area contributed by atoms with Gasteiger partial charge in [0.25, 0.3) is 0 Å². The van der Waals surface area contributed by atoms with Gasteiger partial charge in [-0.3, -0.25) is 4.79 Å². The van der Waals surface area contributed by atoms with Gasteiger partial charge in [-0.1, -0.05) is 0 Å². The number of nitrogens with zero attached hydrogens (tertiary/aromatic N) is 1. The quantitative estimate of drug-likeness (QED) is 0.731. The zero-order chi connectivity index (χ0) is 14.4. The number of halogens is 1. The van der Waals surface area contributed by atoms with E-state index in [2.05, 4.69) is 10.6 Å². The van der Waals surface area contributed by atoms with Crippen LogP contribution in [0.25, 0.3) is 0 Å². The van der Waals surface area contributed by atoms with Gasteiger partial charge in [0.1, 0.15) is 0 Å². The summed E-state index contributed by atoms with van der Waals surface area (Å²) >= 11 is 0. The van der Waals surface area contributed by atoms with Crippen molar-refractivity contribution in [3.05, 3.63) is 0 Å². The van der Waals surface area contributed by atoms with Crippen molar-refractivity contribution >= 4 is 28.3 Å². The molecule has 0 aliphatic carbocycles. The van der Waals surface area contributed by atoms with Crippen LogP contribution in [-0.2, 0) is 14.8 Å². The second-order valence-corrected chi connectivity index (χ2v) is 7.74. The first-order chi connectivity index (χ1) is 9.58. The van der Waals surface area contributed by atoms with Crippen molar-refractivity contribution in [3.8, 4) is 0 Å². The highest BCUT2D eigenvalue weighted by Gasteiger charge is 2.27. The summed E-state index contributed by atoms with van der Waals surface area (Å²) in [7, 11) is -3.04. The Hall–Kier alpha value is -0.370. The number of amides is 1. The summed E-state index contributed by atoms with van der Waals surface area (Å²) in [5.74, 6) is 0.942. The molecule has 21 heavy (non-hydrogen) atoms. The van der Waals surface area contributed by atoms with Gasteiger partial charge in [-0.15, -0.1) is 12.4 Å². The zero-order valence-electron chi connectivity index (χ0n) is 12.3. The molecule has 2 aliphatic rings. The highest BCUT2D eigenvalue weighted by molar-refractivity contribution is 7.89. The van der Waals surface area contributed by atoms with Crippen molar-refractivity contribution in [1.29, 1.82) is 0 Å². The number of carbonyl (C=O) groups is 1. The predicted octanol–water partition coefficient (Wildman–Crippen LogP) is 0.340. The Labute approximate surface area is 133 Å². The highest BCUT2D eigenvalue weighted by atomic mass is 35.5. The van der Waals surface area contributed by atoms with Crippen molar-refractivity contribution < 1.29 is 13.2 Å². The van der Waals surface area contributed by atoms with Gasteiger partial charge in [0.15, 0.2) is 0 Å². The van der Waals surface area contributed by atoms with Crippen LogP contribution in [0.3, 0.4) is 0 Å². The Balaban J connectivity index is 0.00000220. The average molecular weight is 340 g/mol. The zero-order valence-corrected chi connectivity index (χ0v) is 14.0. The van der Waals surface area contributed by atoms with Crippen molar-refractivity contribution in [1.82, 2.24) is 14.9 Å². The minimum Gasteiger partial charge on any atom is -0.355 e. The Morgan fingerprint density at radius 1 is 1.29 bits per heavy atom. The number of rotatable bonds is 6. The Bertz CT molecular complexity index is 424. The fraction of sp³-hybridized carbons (Fsp3) is 0.923. The third-order valence-corrected chi connectivity index (χ3v) is 6.08. The first kappa shape index (κ1) is 18.7. The van der Waals surface area contributed by atoms with E-state index < -0.39 is 10.0 Å². The summed E-state index contributed by atoms with van der Waals surface area (Å²) in [5, 5.41) is 6.14. The molecule has 0 aromatic heterocycles. The van der Waals surface area contributed by atoms with E-state index in [0.29, 0.717) is 38.4 Å². The molecule has 6 nitrogen and oxygen atoms in total. The van der Waals surface area contributed by atoms with Gasteiger partial charge in [-0.05, 0) is 44.7 Å². The van der Waals surface area contributed by atoms with Gasteiger partial charge in [-0.2, -0.15) is 0 Å². The van der Waals surface area contributed by atoms with Gasteiger partial charge in [0, 0.05) is 26.1 Å². The minimum atomic E-state index is -3.04. The molecule has 0 saturated carbocycles. The molecule has 2 N–H and O–H groups in total. The first-order valence-corrected chi connectivity index (χ1v) is 9.14. The normalized spacial score (nSPS) is 22.7. The lowest BCUT2D eigenvalue weighted by Crippen LogP contribution is -2.36. The maximum absolute atomic E-state index is 11.7. The van der Waals surface area contributed by atoms with Crippen LogP contribution in [0.2, 0.25) is 0 Å². The summed E-state index contributed by atoms with van der Waals surface area (Å²) in [6, 6.07) is 0. The molecule has 124 valence electrons. The molecule has 2 aliphatic heterocycles. The SMILES string of the molecule is Cl.O=C(CCC1CCNCC1)NCCN1CCCS1(=O)=O. The number of piperidine rings is 1. The molecule has 0 unspecified atom stereocenters. The lowest BCUT2D eigenvalue weighted by molar-refractivity contribution is -0.121. The molecule has 2 fully saturated rings. The molecule has 1 amide bonds. The summed E-state index contributed by atoms with van der Waals surface area (Å²) < 4.78 is 24.6. The van der Waals surface area contributed by atoms with Crippen LogP contribution in [0.15, 0.2) is 0 Å². The van der Waals surface area contributed by atoms with Crippen LogP contribution in [0, 0.1) is 5.92 Å². The molecule has 2 heterocycles. The van der Waals surface area contributed by atoms with Crippen LogP contribution in [0.1, 0.15) is 32.1 Å². The van der Waals surface area contributed by atoms with E-state index in [1.807, 2.05) is 0 Å². The highest BCUT2D eigenvalue weighted by Crippen LogP contribution is 2.17. The van der Waals surface area contributed by atoms with E-state index in [1.54, 1.807) is 0 Å². The lowest BCUT2D eigenvalue weighted by atomic mass is 9.93. The molecule has 0 spiro atoms. The van der Waals surface area contributed by atoms with Crippen molar-refractivity contribution in [2.24, 2.45) is 5.92 Å². The fourth-order valence-corrected chi connectivity index (χ4v) is 4.39. The molecule has 0 atom stereocenters. The molecule has 8 heteroatoms. The van der Waals surface area contributed by atoms with Gasteiger partial charge in [0.05, 0.1) is 5.75 Å². The van der Waals surface area contributed by atoms with E-state index in [0.717, 1.165) is 32.4 Å². The average Bonchev–Trinajstić information content (AvgIpc) is 2.77. The number of carbonyl (C=O) groups excluding carboxylic acids is 1. The summed E-state index contributed by atoms with van der Waals surface area (Å²) in [4.78, 5) is 11.7. The number of nitrogens with one attached hydrogen (secondary N) is 2. The number of hydrogen-bond acceptors (Lipinski definition) is 4. The second kappa shape index (κ2) is 8.92. The molecule has 2 saturated heterocycles. The molecule has 0 radical (unpaired) electrons. The molecular formula is C13H26ClN3O3S. The van der Waals surface area contributed by atoms with Crippen LogP contribution in [-0.4, -0.2) is 57.1 Å². The van der Waals surface area contributed by atoms with Crippen LogP contribution in [0.5, 0.6) is 0 Å². The van der Waals surface area contributed by atoms with Crippen molar-refractivity contribution in [2.45, 2.75) is 32.1 Å². The van der Waals surface area contributed by atoms with Gasteiger partial charge < -0.3 is 10.6 Å². The van der Waals surface area contributed by atoms with E-state index >= 15 is 0 Å². The molecule has 0 bridgehead atoms. The fourth-order valence-electron chi connectivity index (χ4n) is 2.86. The van der Waals surface area contributed by atoms with Gasteiger partial charge in [0.2, 0.25) is 15.9 Å². The third kappa shape index (κ3) is 6.10. The molecular weight excluding hydrogens is 314 g/mol. The van der Waals surface area contributed by atoms with Crippen molar-refractivity contribution in [3.63, 3.8) is 0 Å². The predicted molar refractivity (Wildman–Crippen MR) is 85.1 cm³/mol. The van der Waals surface area contributed by atoms with E-state index in [9.17, 15) is 13.2 Å². The maximum atomic E-state index is 11.7. The van der Waals surface area contributed by atoms with Gasteiger partial charge in [-0.25, -0.2) is 12.7 Å². The number of hydrogen-bond donors (Lipinski definition) is 2. The molecule has 0 aromatic rings. The summed E-state index contributed by atoms with van der Waals surface area (Å²) in [6.07, 6.45) is 4.50. The van der Waals surface area contributed by atoms with E-state index in [-0.39, 0.29) is 24.1 Å². The first-order valence-electron chi connectivity index (χ1n) is 7.53. The monoisotopic (exact) mass is 339 g/mol. The minimum absolute atomic E-state index is 0. The Kier molecular flexibility index (Phi) is 7.94. The topological polar surface area (TPSA) is 78.5 Å². The van der Waals surface area contributed by atoms with Crippen molar-refractivity contribution in [2.75, 3.05) is 38.5 Å². The maximum Gasteiger partial charge on any atom is 0.220 e. The lowest BCUT2D eigenvalue weighted by Gasteiger charge is -2.22. The standard InChI is InChI=1S/C13H25N3O3S.ClH/c17-13(3-2-12-4-6-14-7-5-12)15-8-10-16-9-1-11-20(16,18)19;/h12,14H,1-11H2,(H,15,17);1H. The van der Waals surface area contributed by atoms with Gasteiger partial charge >= 0.3 is 0 Å². The molecule has 2 rings (SSSR count). The van der Waals surface area contributed by atoms with E-state index in [4.69, 9.17) is 0 Å². The second-order valence-electron chi connectivity index (χ2n) is 5.65. The number of sulfonamides is 1. The summed E-state index contributed by atoms with van der Waals surface area (Å²) in [5.41, 5.74) is 0. The molecule has 0 aromatic carbocycles. The summed E-state index contributed by atoms with van der Waals surface area (Å²) in [6.45, 7) is 3.52. The smallest absolute Gasteiger partial charge is 0.220 e. The largest absolute Gasteiger partial charge is 0.355 e. The van der Waals surface area contributed by atoms with E-state index in [1.165, 1.54) is 4.31 Å². The Morgan fingerprint density at radius 2 is 2.00 bits per heavy atom. The Morgan fingerprint density at radius 3 is 2.62 bits per heavy atom.